The van der Waals surface area contributed by atoms with Gasteiger partial charge in [-0.3, -0.25) is 9.69 Å². The number of likely N-dealkylation sites (tertiary alicyclic amines) is 1. The normalized spacial score (nSPS) is 34.0. The molecule has 0 radical (unpaired) electrons. The van der Waals surface area contributed by atoms with Crippen molar-refractivity contribution in [3.63, 3.8) is 0 Å². The number of rotatable bonds is 2. The van der Waals surface area contributed by atoms with Crippen LogP contribution in [0.2, 0.25) is 0 Å². The van der Waals surface area contributed by atoms with E-state index in [-0.39, 0.29) is 24.1 Å². The number of nitrogens with zero attached hydrogens (tertiary/aromatic N) is 2. The number of carbonyl (C=O) groups excluding carboxylic acids is 2. The molecule has 4 fully saturated rings. The van der Waals surface area contributed by atoms with E-state index in [4.69, 9.17) is 4.74 Å². The van der Waals surface area contributed by atoms with Crippen molar-refractivity contribution in [1.82, 2.24) is 15.1 Å². The fourth-order valence-electron chi connectivity index (χ4n) is 4.11. The third-order valence-electron chi connectivity index (χ3n) is 5.31. The second-order valence-electron chi connectivity index (χ2n) is 8.28. The molecule has 1 aliphatic carbocycles. The first-order chi connectivity index (χ1) is 10.7. The van der Waals surface area contributed by atoms with Crippen LogP contribution in [-0.4, -0.2) is 65.7 Å². The van der Waals surface area contributed by atoms with E-state index in [1.807, 2.05) is 20.8 Å². The van der Waals surface area contributed by atoms with E-state index in [1.54, 1.807) is 4.90 Å². The zero-order chi connectivity index (χ0) is 16.8. The first-order valence-corrected chi connectivity index (χ1v) is 8.75. The predicted molar refractivity (Wildman–Crippen MR) is 87.0 cm³/mol. The Bertz CT molecular complexity index is 488. The molecule has 6 heteroatoms. The SMILES string of the molecule is CN1CC2CCC1C(NC(=O)C1CCN1C(=O)OC(C)(C)C)C2. The quantitative estimate of drug-likeness (QED) is 0.838. The van der Waals surface area contributed by atoms with Gasteiger partial charge in [0.15, 0.2) is 0 Å². The zero-order valence-corrected chi connectivity index (χ0v) is 14.7. The Labute approximate surface area is 138 Å². The van der Waals surface area contributed by atoms with Gasteiger partial charge in [-0.15, -0.1) is 0 Å². The van der Waals surface area contributed by atoms with E-state index >= 15 is 0 Å². The van der Waals surface area contributed by atoms with E-state index in [0.717, 1.165) is 25.8 Å². The lowest BCUT2D eigenvalue weighted by Gasteiger charge is -2.49. The summed E-state index contributed by atoms with van der Waals surface area (Å²) in [4.78, 5) is 28.6. The molecule has 6 nitrogen and oxygen atoms in total. The molecule has 4 unspecified atom stereocenters. The molecule has 3 aliphatic heterocycles. The van der Waals surface area contributed by atoms with Crippen LogP contribution in [0.4, 0.5) is 4.79 Å². The van der Waals surface area contributed by atoms with E-state index in [1.165, 1.54) is 6.42 Å². The lowest BCUT2D eigenvalue weighted by atomic mass is 9.76. The van der Waals surface area contributed by atoms with Gasteiger partial charge in [0.05, 0.1) is 0 Å². The smallest absolute Gasteiger partial charge is 0.410 e. The molecular formula is C17H29N3O3. The minimum atomic E-state index is -0.529. The number of hydrogen-bond donors (Lipinski definition) is 1. The van der Waals surface area contributed by atoms with E-state index in [9.17, 15) is 9.59 Å². The second kappa shape index (κ2) is 5.96. The lowest BCUT2D eigenvalue weighted by molar-refractivity contribution is -0.132. The van der Waals surface area contributed by atoms with Crippen molar-refractivity contribution in [2.24, 2.45) is 5.92 Å². The summed E-state index contributed by atoms with van der Waals surface area (Å²) in [6.07, 6.45) is 3.84. The molecular weight excluding hydrogens is 294 g/mol. The Morgan fingerprint density at radius 2 is 1.91 bits per heavy atom. The molecule has 23 heavy (non-hydrogen) atoms. The molecule has 1 N–H and O–H groups in total. The van der Waals surface area contributed by atoms with Gasteiger partial charge in [0, 0.05) is 25.2 Å². The number of ether oxygens (including phenoxy) is 1. The van der Waals surface area contributed by atoms with Crippen LogP contribution in [0.3, 0.4) is 0 Å². The number of amides is 2. The summed E-state index contributed by atoms with van der Waals surface area (Å²) in [6.45, 7) is 7.27. The van der Waals surface area contributed by atoms with Gasteiger partial charge >= 0.3 is 6.09 Å². The first-order valence-electron chi connectivity index (χ1n) is 8.75. The fraction of sp³-hybridized carbons (Fsp3) is 0.882. The maximum atomic E-state index is 12.6. The fourth-order valence-corrected chi connectivity index (χ4v) is 4.11. The van der Waals surface area contributed by atoms with Crippen molar-refractivity contribution in [2.75, 3.05) is 20.1 Å². The highest BCUT2D eigenvalue weighted by atomic mass is 16.6. The van der Waals surface area contributed by atoms with Gasteiger partial charge in [0.2, 0.25) is 5.91 Å². The van der Waals surface area contributed by atoms with Crippen LogP contribution >= 0.6 is 0 Å². The monoisotopic (exact) mass is 323 g/mol. The number of nitrogens with one attached hydrogen (secondary N) is 1. The summed E-state index contributed by atoms with van der Waals surface area (Å²) in [5, 5.41) is 3.20. The third kappa shape index (κ3) is 3.47. The number of carbonyl (C=O) groups is 2. The van der Waals surface area contributed by atoms with Crippen molar-refractivity contribution >= 4 is 12.0 Å². The molecule has 130 valence electrons. The largest absolute Gasteiger partial charge is 0.444 e. The Morgan fingerprint density at radius 1 is 1.17 bits per heavy atom. The highest BCUT2D eigenvalue weighted by Crippen LogP contribution is 2.34. The molecule has 3 heterocycles. The molecule has 0 aromatic rings. The minimum absolute atomic E-state index is 0.0203. The van der Waals surface area contributed by atoms with Crippen LogP contribution < -0.4 is 5.32 Å². The Balaban J connectivity index is 1.55. The van der Waals surface area contributed by atoms with Crippen LogP contribution in [0.1, 0.15) is 46.5 Å². The Hall–Kier alpha value is -1.30. The van der Waals surface area contributed by atoms with Crippen LogP contribution in [0.15, 0.2) is 0 Å². The first kappa shape index (κ1) is 16.6. The Kier molecular flexibility index (Phi) is 4.29. The molecule has 1 saturated carbocycles. The summed E-state index contributed by atoms with van der Waals surface area (Å²) >= 11 is 0. The standard InChI is InChI=1S/C17H29N3O3/c1-17(2,3)23-16(22)20-8-7-14(20)15(21)18-12-9-11-5-6-13(12)19(4)10-11/h11-14H,5-10H2,1-4H3,(H,18,21). The summed E-state index contributed by atoms with van der Waals surface area (Å²) in [5.41, 5.74) is -0.529. The highest BCUT2D eigenvalue weighted by Gasteiger charge is 2.44. The van der Waals surface area contributed by atoms with Crippen LogP contribution in [0.25, 0.3) is 0 Å². The third-order valence-corrected chi connectivity index (χ3v) is 5.31. The molecule has 0 aromatic carbocycles. The van der Waals surface area contributed by atoms with Crippen LogP contribution in [-0.2, 0) is 9.53 Å². The molecule has 3 saturated heterocycles. The Morgan fingerprint density at radius 3 is 2.43 bits per heavy atom. The van der Waals surface area contributed by atoms with Crippen LogP contribution in [0.5, 0.6) is 0 Å². The predicted octanol–water partition coefficient (Wildman–Crippen LogP) is 1.59. The zero-order valence-electron chi connectivity index (χ0n) is 14.7. The average Bonchev–Trinajstić information content (AvgIpc) is 2.34. The number of fused-ring (bicyclic) bond motifs is 3. The highest BCUT2D eigenvalue weighted by molar-refractivity contribution is 5.87. The lowest BCUT2D eigenvalue weighted by Crippen LogP contribution is -2.64. The van der Waals surface area contributed by atoms with Gasteiger partial charge in [0.25, 0.3) is 0 Å². The van der Waals surface area contributed by atoms with E-state index in [0.29, 0.717) is 18.5 Å². The maximum absolute atomic E-state index is 12.6. The van der Waals surface area contributed by atoms with Gasteiger partial charge in [0.1, 0.15) is 11.6 Å². The summed E-state index contributed by atoms with van der Waals surface area (Å²) in [6, 6.07) is 0.302. The van der Waals surface area contributed by atoms with Gasteiger partial charge in [-0.05, 0) is 59.4 Å². The maximum Gasteiger partial charge on any atom is 0.410 e. The van der Waals surface area contributed by atoms with Crippen molar-refractivity contribution in [2.45, 2.75) is 70.2 Å². The molecule has 0 aromatic heterocycles. The summed E-state index contributed by atoms with van der Waals surface area (Å²) in [7, 11) is 2.14. The van der Waals surface area contributed by atoms with Gasteiger partial charge in [-0.2, -0.15) is 0 Å². The van der Waals surface area contributed by atoms with Crippen molar-refractivity contribution in [3.05, 3.63) is 0 Å². The molecule has 0 spiro atoms. The number of piperidine rings is 2. The van der Waals surface area contributed by atoms with E-state index < -0.39 is 5.60 Å². The van der Waals surface area contributed by atoms with Gasteiger partial charge in [-0.1, -0.05) is 0 Å². The average molecular weight is 323 g/mol. The number of likely N-dealkylation sites (N-methyl/N-ethyl adjacent to an activating group) is 1. The second-order valence-corrected chi connectivity index (χ2v) is 8.28. The summed E-state index contributed by atoms with van der Waals surface area (Å²) in [5.74, 6) is 0.673. The molecule has 2 amide bonds. The molecule has 2 bridgehead atoms. The van der Waals surface area contributed by atoms with Crippen molar-refractivity contribution in [1.29, 1.82) is 0 Å². The van der Waals surface area contributed by atoms with E-state index in [2.05, 4.69) is 17.3 Å². The molecule has 4 aliphatic rings. The van der Waals surface area contributed by atoms with Gasteiger partial charge < -0.3 is 15.0 Å². The molecule has 4 atom stereocenters. The van der Waals surface area contributed by atoms with Gasteiger partial charge in [-0.25, -0.2) is 4.79 Å². The van der Waals surface area contributed by atoms with Crippen molar-refractivity contribution < 1.29 is 14.3 Å². The van der Waals surface area contributed by atoms with Crippen molar-refractivity contribution in [3.8, 4) is 0 Å². The van der Waals surface area contributed by atoms with Crippen LogP contribution in [0, 0.1) is 5.92 Å². The number of hydrogen-bond acceptors (Lipinski definition) is 4. The minimum Gasteiger partial charge on any atom is -0.444 e. The summed E-state index contributed by atoms with van der Waals surface area (Å²) < 4.78 is 5.38. The topological polar surface area (TPSA) is 61.9 Å². The molecule has 4 rings (SSSR count).